The molecule has 34 heteroatoms. The molecular weight excluding hydrogens is 872 g/mol. The van der Waals surface area contributed by atoms with Gasteiger partial charge in [-0.05, 0) is 11.6 Å². The third-order valence-electron chi connectivity index (χ3n) is 7.67. The summed E-state index contributed by atoms with van der Waals surface area (Å²) in [7, 11) is 0. The number of nitro benzene ring substituents is 1. The first kappa shape index (κ1) is 51.5. The van der Waals surface area contributed by atoms with Crippen molar-refractivity contribution in [2.24, 2.45) is 34.4 Å². The van der Waals surface area contributed by atoms with Crippen molar-refractivity contribution < 1.29 is 53.5 Å². The third-order valence-corrected chi connectivity index (χ3v) is 7.67. The van der Waals surface area contributed by atoms with E-state index in [-0.39, 0.29) is 5.56 Å². The molecule has 0 aliphatic carbocycles. The summed E-state index contributed by atoms with van der Waals surface area (Å²) >= 11 is 0. The quantitative estimate of drug-likeness (QED) is 0.0171. The number of carboxylic acids is 1. The lowest BCUT2D eigenvalue weighted by molar-refractivity contribution is -0.384. The molecule has 0 aliphatic heterocycles. The first-order valence-corrected chi connectivity index (χ1v) is 17.6. The van der Waals surface area contributed by atoms with Crippen molar-refractivity contribution in [1.82, 2.24) is 53.2 Å². The normalized spacial score (nSPS) is 13.6. The maximum Gasteiger partial charge on any atom is 0.338 e. The van der Waals surface area contributed by atoms with Crippen LogP contribution in [0.2, 0.25) is 0 Å². The van der Waals surface area contributed by atoms with E-state index >= 15 is 0 Å². The maximum absolute atomic E-state index is 13.8. The number of carbonyl (C=O) groups is 8. The molecule has 350 valence electrons. The maximum atomic E-state index is 13.8. The Balaban J connectivity index is 2.40. The lowest BCUT2D eigenvalue weighted by Gasteiger charge is -2.28. The van der Waals surface area contributed by atoms with Crippen LogP contribution in [0.15, 0.2) is 48.5 Å². The number of anilines is 1. The second kappa shape index (κ2) is 23.4. The fraction of sp³-hybridized carbons (Fsp3) is 0.226. The Morgan fingerprint density at radius 3 is 1.34 bits per heavy atom. The van der Waals surface area contributed by atoms with Crippen molar-refractivity contribution in [3.63, 3.8) is 0 Å². The number of primary amides is 1. The smallest absolute Gasteiger partial charge is 0.338 e. The van der Waals surface area contributed by atoms with Crippen LogP contribution in [-0.4, -0.2) is 123 Å². The van der Waals surface area contributed by atoms with E-state index in [1.54, 1.807) is 0 Å². The fourth-order valence-corrected chi connectivity index (χ4v) is 4.83. The molecule has 2 aromatic rings. The lowest BCUT2D eigenvalue weighted by atomic mass is 10.1. The molecule has 7 atom stereocenters. The van der Waals surface area contributed by atoms with E-state index in [4.69, 9.17) is 56.0 Å². The molecule has 0 aromatic heterocycles. The largest absolute Gasteiger partial charge is 0.478 e. The second-order valence-corrected chi connectivity index (χ2v) is 12.6. The Morgan fingerprint density at radius 2 is 0.969 bits per heavy atom. The van der Waals surface area contributed by atoms with Gasteiger partial charge >= 0.3 is 5.97 Å². The predicted octanol–water partition coefficient (Wildman–Crippen LogP) is -9.53. The summed E-state index contributed by atoms with van der Waals surface area (Å²) in [6.07, 6.45) is -12.6. The number of rotatable bonds is 22. The van der Waals surface area contributed by atoms with E-state index in [9.17, 15) is 58.7 Å². The van der Waals surface area contributed by atoms with Crippen LogP contribution in [0.4, 0.5) is 11.4 Å². The van der Waals surface area contributed by atoms with Crippen LogP contribution in [0.3, 0.4) is 0 Å². The number of nitrogens with one attached hydrogen (secondary N) is 15. The highest BCUT2D eigenvalue weighted by Gasteiger charge is 2.35. The van der Waals surface area contributed by atoms with Gasteiger partial charge in [-0.25, -0.2) is 4.79 Å². The van der Waals surface area contributed by atoms with Gasteiger partial charge in [-0.2, -0.15) is 0 Å². The number of hydrogen-bond donors (Lipinski definition) is 23. The third kappa shape index (κ3) is 16.4. The van der Waals surface area contributed by atoms with E-state index in [2.05, 4.69) is 21.3 Å². The number of carboxylic acid groups (broad SMARTS) is 1. The predicted molar refractivity (Wildman–Crippen MR) is 220 cm³/mol. The van der Waals surface area contributed by atoms with E-state index in [1.165, 1.54) is 30.3 Å². The first-order valence-electron chi connectivity index (χ1n) is 17.6. The highest BCUT2D eigenvalue weighted by atomic mass is 16.6. The summed E-state index contributed by atoms with van der Waals surface area (Å²) in [5.74, 6) is -15.0. The number of amides is 7. The Labute approximate surface area is 363 Å². The molecule has 0 heterocycles. The van der Waals surface area contributed by atoms with Crippen LogP contribution >= 0.6 is 0 Å². The average molecular weight is 917 g/mol. The molecule has 0 saturated heterocycles. The minimum atomic E-state index is -2.32. The number of benzene rings is 2. The molecule has 0 radical (unpaired) electrons. The van der Waals surface area contributed by atoms with Crippen molar-refractivity contribution in [2.75, 3.05) is 5.32 Å². The minimum absolute atomic E-state index is 0.000761. The SMILES string of the molecule is N=C(N)NC(NC(=O)C(NC(=N)N)NC(=O)C(NC(=N)N)NC(=O)C(NC(=N)N)NC(=O)C(NC(=O)C(O)Nc1ccc([N+](=O)[O-])cc1C(=O)O)c1ccccc1)C(=O)NC(N)C(N)=O. The van der Waals surface area contributed by atoms with Gasteiger partial charge < -0.3 is 103 Å². The van der Waals surface area contributed by atoms with E-state index in [1.807, 2.05) is 37.2 Å². The summed E-state index contributed by atoms with van der Waals surface area (Å²) in [6.45, 7) is 0. The Morgan fingerprint density at radius 1 is 0.569 bits per heavy atom. The summed E-state index contributed by atoms with van der Waals surface area (Å²) in [6, 6.07) is 7.60. The number of aliphatic hydroxyl groups excluding tert-OH is 1. The number of carbonyl (C=O) groups excluding carboxylic acids is 7. The molecule has 0 aliphatic rings. The minimum Gasteiger partial charge on any atom is -0.478 e. The number of aromatic carboxylic acids is 1. The zero-order chi connectivity index (χ0) is 49.3. The van der Waals surface area contributed by atoms with E-state index in [0.717, 1.165) is 12.1 Å². The van der Waals surface area contributed by atoms with Crippen molar-refractivity contribution in [2.45, 2.75) is 43.1 Å². The number of hydrogen-bond acceptors (Lipinski definition) is 17. The van der Waals surface area contributed by atoms with Gasteiger partial charge in [0.05, 0.1) is 16.2 Å². The number of aliphatic hydroxyl groups is 1. The second-order valence-electron chi connectivity index (χ2n) is 12.6. The summed E-state index contributed by atoms with van der Waals surface area (Å²) < 4.78 is 0. The van der Waals surface area contributed by atoms with Crippen LogP contribution in [0.25, 0.3) is 0 Å². The molecule has 0 fully saturated rings. The van der Waals surface area contributed by atoms with Gasteiger partial charge in [0.1, 0.15) is 6.04 Å². The number of nitrogens with zero attached hydrogens (tertiary/aromatic N) is 1. The van der Waals surface area contributed by atoms with Gasteiger partial charge in [-0.3, -0.25) is 65.3 Å². The fourth-order valence-electron chi connectivity index (χ4n) is 4.83. The molecule has 2 rings (SSSR count). The van der Waals surface area contributed by atoms with Gasteiger partial charge in [-0.1, -0.05) is 30.3 Å². The Hall–Kier alpha value is -9.60. The number of nitrogens with two attached hydrogens (primary N) is 6. The van der Waals surface area contributed by atoms with Gasteiger partial charge in [0.2, 0.25) is 12.1 Å². The Bertz CT molecular complexity index is 2230. The van der Waals surface area contributed by atoms with Crippen LogP contribution in [0.5, 0.6) is 0 Å². The van der Waals surface area contributed by atoms with E-state index < -0.39 is 136 Å². The highest BCUT2D eigenvalue weighted by molar-refractivity contribution is 6.01. The number of non-ortho nitro benzene ring substituents is 1. The first-order chi connectivity index (χ1) is 30.3. The summed E-state index contributed by atoms with van der Waals surface area (Å²) in [4.78, 5) is 113. The molecule has 2 aromatic carbocycles. The molecule has 34 nitrogen and oxygen atoms in total. The van der Waals surface area contributed by atoms with Gasteiger partial charge in [0, 0.05) is 12.1 Å². The van der Waals surface area contributed by atoms with Gasteiger partial charge in [-0.15, -0.1) is 0 Å². The lowest BCUT2D eigenvalue weighted by Crippen LogP contribution is -2.69. The summed E-state index contributed by atoms with van der Waals surface area (Å²) in [5.41, 5.74) is 30.0. The monoisotopic (exact) mass is 916 g/mol. The zero-order valence-corrected chi connectivity index (χ0v) is 33.0. The molecular formula is C31H44N22O12. The van der Waals surface area contributed by atoms with Gasteiger partial charge in [0.25, 0.3) is 41.1 Å². The molecule has 0 spiro atoms. The van der Waals surface area contributed by atoms with Crippen LogP contribution in [-0.2, 0) is 33.6 Å². The van der Waals surface area contributed by atoms with Crippen LogP contribution in [0.1, 0.15) is 22.0 Å². The zero-order valence-electron chi connectivity index (χ0n) is 33.0. The molecule has 7 amide bonds. The molecule has 65 heavy (non-hydrogen) atoms. The van der Waals surface area contributed by atoms with Gasteiger partial charge in [0.15, 0.2) is 54.7 Å². The van der Waals surface area contributed by atoms with E-state index in [0.29, 0.717) is 6.07 Å². The average Bonchev–Trinajstić information content (AvgIpc) is 3.20. The Kier molecular flexibility index (Phi) is 18.6. The van der Waals surface area contributed by atoms with Crippen molar-refractivity contribution in [3.8, 4) is 0 Å². The number of nitro groups is 1. The topological polar surface area (TPSA) is 604 Å². The molecule has 0 bridgehead atoms. The molecule has 0 saturated carbocycles. The molecule has 7 unspecified atom stereocenters. The van der Waals surface area contributed by atoms with Crippen molar-refractivity contribution in [1.29, 1.82) is 21.6 Å². The van der Waals surface area contributed by atoms with Crippen LogP contribution in [0, 0.1) is 31.8 Å². The standard InChI is InChI=1S/C31H44N22O12/c32-14(15(33)54)44-21(56)16(49-28(34)35)46-23(58)18(51-30(38)39)48-24(59)19(52-31(40)41)47-22(57)17(50-29(36)37)45-20(55)13(9-4-2-1-3-5-9)43-26(61)25(60)42-12-7-6-10(53(64)65)8-11(12)27(62)63/h1-8,13-14,16-19,25,42,60H,32H2,(H2,33,54)(H,43,61)(H,44,56)(H,45,55)(H,46,58)(H,47,57)(H,48,59)(H,62,63)(H4,34,35,49)(H4,36,37,50)(H4,38,39,51)(H4,40,41,52). The number of guanidine groups is 4. The van der Waals surface area contributed by atoms with Crippen LogP contribution < -0.4 is 92.9 Å². The van der Waals surface area contributed by atoms with Crippen molar-refractivity contribution in [3.05, 3.63) is 69.8 Å². The highest BCUT2D eigenvalue weighted by Crippen LogP contribution is 2.23. The molecule has 29 N–H and O–H groups in total. The summed E-state index contributed by atoms with van der Waals surface area (Å²) in [5, 5.41) is 84.1. The van der Waals surface area contributed by atoms with Crippen molar-refractivity contribution >= 4 is 82.5 Å².